The molecule has 2 aromatic rings. The van der Waals surface area contributed by atoms with E-state index < -0.39 is 0 Å². The molecular weight excluding hydrogens is 346 g/mol. The molecule has 1 aliphatic heterocycles. The van der Waals surface area contributed by atoms with Gasteiger partial charge in [-0.3, -0.25) is 4.90 Å². The topological polar surface area (TPSA) is 44.8 Å². The first-order valence-corrected chi connectivity index (χ1v) is 10.0. The molecule has 0 atom stereocenters. The Morgan fingerprint density at radius 2 is 1.92 bits per heavy atom. The Labute approximate surface area is 159 Å². The molecule has 1 N–H and O–H groups in total. The second-order valence-electron chi connectivity index (χ2n) is 6.78. The molecule has 1 aromatic heterocycles. The van der Waals surface area contributed by atoms with E-state index in [0.29, 0.717) is 6.54 Å². The summed E-state index contributed by atoms with van der Waals surface area (Å²) in [4.78, 5) is 18.2. The monoisotopic (exact) mass is 373 g/mol. The van der Waals surface area contributed by atoms with Crippen molar-refractivity contribution in [2.45, 2.75) is 33.0 Å². The molecule has 2 heterocycles. The molecule has 140 valence electrons. The van der Waals surface area contributed by atoms with Crippen LogP contribution in [0.4, 0.5) is 4.79 Å². The number of carbonyl (C=O) groups is 1. The van der Waals surface area contributed by atoms with Gasteiger partial charge in [0.2, 0.25) is 0 Å². The zero-order chi connectivity index (χ0) is 18.4. The molecule has 26 heavy (non-hydrogen) atoms. The predicted molar refractivity (Wildman–Crippen MR) is 106 cm³/mol. The molecule has 1 aliphatic rings. The molecule has 0 unspecified atom stereocenters. The molecule has 0 radical (unpaired) electrons. The molecule has 1 fully saturated rings. The van der Waals surface area contributed by atoms with E-state index in [1.54, 1.807) is 11.3 Å². The van der Waals surface area contributed by atoms with Crippen molar-refractivity contribution in [2.24, 2.45) is 0 Å². The lowest BCUT2D eigenvalue weighted by Gasteiger charge is -2.34. The second-order valence-corrected chi connectivity index (χ2v) is 7.81. The van der Waals surface area contributed by atoms with Gasteiger partial charge in [-0.25, -0.2) is 4.79 Å². The van der Waals surface area contributed by atoms with E-state index >= 15 is 0 Å². The van der Waals surface area contributed by atoms with Crippen molar-refractivity contribution in [3.05, 3.63) is 52.2 Å². The predicted octanol–water partition coefficient (Wildman–Crippen LogP) is 3.56. The van der Waals surface area contributed by atoms with Crippen LogP contribution < -0.4 is 10.1 Å². The Morgan fingerprint density at radius 1 is 1.15 bits per heavy atom. The fourth-order valence-electron chi connectivity index (χ4n) is 3.03. The summed E-state index contributed by atoms with van der Waals surface area (Å²) in [5.41, 5.74) is 1.01. The van der Waals surface area contributed by atoms with Crippen molar-refractivity contribution < 1.29 is 9.53 Å². The molecule has 0 spiro atoms. The van der Waals surface area contributed by atoms with E-state index in [9.17, 15) is 4.79 Å². The van der Waals surface area contributed by atoms with E-state index in [1.807, 2.05) is 43.0 Å². The molecule has 3 rings (SSSR count). The van der Waals surface area contributed by atoms with E-state index in [4.69, 9.17) is 4.74 Å². The largest absolute Gasteiger partial charge is 0.491 e. The molecule has 1 saturated heterocycles. The molecule has 2 amide bonds. The number of nitrogens with zero attached hydrogens (tertiary/aromatic N) is 2. The van der Waals surface area contributed by atoms with Gasteiger partial charge < -0.3 is 15.0 Å². The number of piperazine rings is 1. The maximum absolute atomic E-state index is 12.5. The second kappa shape index (κ2) is 9.05. The maximum Gasteiger partial charge on any atom is 0.317 e. The van der Waals surface area contributed by atoms with Gasteiger partial charge in [0.05, 0.1) is 6.10 Å². The summed E-state index contributed by atoms with van der Waals surface area (Å²) in [6.45, 7) is 8.83. The first-order chi connectivity index (χ1) is 12.6. The first-order valence-electron chi connectivity index (χ1n) is 9.14. The zero-order valence-corrected chi connectivity index (χ0v) is 16.3. The lowest BCUT2D eigenvalue weighted by molar-refractivity contribution is 0.135. The highest BCUT2D eigenvalue weighted by Gasteiger charge is 2.21. The number of benzene rings is 1. The highest BCUT2D eigenvalue weighted by molar-refractivity contribution is 7.09. The highest BCUT2D eigenvalue weighted by Crippen LogP contribution is 2.19. The van der Waals surface area contributed by atoms with Crippen LogP contribution >= 0.6 is 11.3 Å². The molecule has 5 nitrogen and oxygen atoms in total. The minimum absolute atomic E-state index is 0.000114. The number of hydrogen-bond acceptors (Lipinski definition) is 4. The SMILES string of the molecule is CC(C)Oc1ccccc1CNC(=O)N1CCN(Cc2cccs2)CC1. The maximum atomic E-state index is 12.5. The minimum atomic E-state index is 0.000114. The van der Waals surface area contributed by atoms with E-state index in [1.165, 1.54) is 4.88 Å². The lowest BCUT2D eigenvalue weighted by atomic mass is 10.2. The quantitative estimate of drug-likeness (QED) is 0.842. The molecule has 0 saturated carbocycles. The molecular formula is C20H27N3O2S. The molecule has 6 heteroatoms. The van der Waals surface area contributed by atoms with Crippen molar-refractivity contribution in [3.63, 3.8) is 0 Å². The average Bonchev–Trinajstić information content (AvgIpc) is 3.14. The zero-order valence-electron chi connectivity index (χ0n) is 15.5. The van der Waals surface area contributed by atoms with Gasteiger partial charge in [-0.05, 0) is 31.4 Å². The number of urea groups is 1. The van der Waals surface area contributed by atoms with Crippen LogP contribution in [0.15, 0.2) is 41.8 Å². The van der Waals surface area contributed by atoms with Gasteiger partial charge in [0.1, 0.15) is 5.75 Å². The van der Waals surface area contributed by atoms with Gasteiger partial charge in [0.15, 0.2) is 0 Å². The summed E-state index contributed by atoms with van der Waals surface area (Å²) in [7, 11) is 0. The number of carbonyl (C=O) groups excluding carboxylic acids is 1. The lowest BCUT2D eigenvalue weighted by Crippen LogP contribution is -2.51. The van der Waals surface area contributed by atoms with Crippen molar-refractivity contribution in [2.75, 3.05) is 26.2 Å². The van der Waals surface area contributed by atoms with E-state index in [-0.39, 0.29) is 12.1 Å². The van der Waals surface area contributed by atoms with Gasteiger partial charge >= 0.3 is 6.03 Å². The fraction of sp³-hybridized carbons (Fsp3) is 0.450. The third-order valence-electron chi connectivity index (χ3n) is 4.38. The van der Waals surface area contributed by atoms with Gasteiger partial charge in [-0.2, -0.15) is 0 Å². The Balaban J connectivity index is 1.46. The summed E-state index contributed by atoms with van der Waals surface area (Å²) in [6, 6.07) is 12.1. The fourth-order valence-corrected chi connectivity index (χ4v) is 3.78. The van der Waals surface area contributed by atoms with Crippen LogP contribution in [0, 0.1) is 0 Å². The smallest absolute Gasteiger partial charge is 0.317 e. The van der Waals surface area contributed by atoms with Crippen molar-refractivity contribution in [1.82, 2.24) is 15.1 Å². The normalized spacial score (nSPS) is 15.3. The number of amides is 2. The van der Waals surface area contributed by atoms with Crippen LogP contribution in [0.2, 0.25) is 0 Å². The van der Waals surface area contributed by atoms with Gasteiger partial charge in [0.25, 0.3) is 0 Å². The summed E-state index contributed by atoms with van der Waals surface area (Å²) >= 11 is 1.79. The van der Waals surface area contributed by atoms with Crippen molar-refractivity contribution in [3.8, 4) is 5.75 Å². The average molecular weight is 374 g/mol. The first kappa shape index (κ1) is 18.7. The Hall–Kier alpha value is -2.05. The molecule has 0 bridgehead atoms. The van der Waals surface area contributed by atoms with Crippen LogP contribution in [0.5, 0.6) is 5.75 Å². The minimum Gasteiger partial charge on any atom is -0.491 e. The summed E-state index contributed by atoms with van der Waals surface area (Å²) < 4.78 is 5.82. The Morgan fingerprint density at radius 3 is 2.62 bits per heavy atom. The van der Waals surface area contributed by atoms with Crippen LogP contribution in [-0.4, -0.2) is 48.1 Å². The van der Waals surface area contributed by atoms with E-state index in [2.05, 4.69) is 27.7 Å². The van der Waals surface area contributed by atoms with Crippen LogP contribution in [0.1, 0.15) is 24.3 Å². The molecule has 1 aromatic carbocycles. The highest BCUT2D eigenvalue weighted by atomic mass is 32.1. The Bertz CT molecular complexity index is 695. The summed E-state index contributed by atoms with van der Waals surface area (Å²) in [5, 5.41) is 5.14. The number of nitrogens with one attached hydrogen (secondary N) is 1. The molecule has 0 aliphatic carbocycles. The van der Waals surface area contributed by atoms with Crippen molar-refractivity contribution in [1.29, 1.82) is 0 Å². The standard InChI is InChI=1S/C20H27N3O2S/c1-16(2)25-19-8-4-3-6-17(19)14-21-20(24)23-11-9-22(10-12-23)15-18-7-5-13-26-18/h3-8,13,16H,9-12,14-15H2,1-2H3,(H,21,24). The summed E-state index contributed by atoms with van der Waals surface area (Å²) in [5.74, 6) is 0.837. The van der Waals surface area contributed by atoms with Crippen molar-refractivity contribution >= 4 is 17.4 Å². The number of rotatable bonds is 6. The van der Waals surface area contributed by atoms with Crippen LogP contribution in [-0.2, 0) is 13.1 Å². The van der Waals surface area contributed by atoms with Crippen LogP contribution in [0.3, 0.4) is 0 Å². The van der Waals surface area contributed by atoms with Gasteiger partial charge in [-0.1, -0.05) is 24.3 Å². The number of ether oxygens (including phenoxy) is 1. The third kappa shape index (κ3) is 5.22. The van der Waals surface area contributed by atoms with Gasteiger partial charge in [-0.15, -0.1) is 11.3 Å². The summed E-state index contributed by atoms with van der Waals surface area (Å²) in [6.07, 6.45) is 0.114. The van der Waals surface area contributed by atoms with E-state index in [0.717, 1.165) is 44.0 Å². The number of hydrogen-bond donors (Lipinski definition) is 1. The van der Waals surface area contributed by atoms with Crippen LogP contribution in [0.25, 0.3) is 0 Å². The van der Waals surface area contributed by atoms with Gasteiger partial charge in [0, 0.05) is 49.7 Å². The number of thiophene rings is 1. The third-order valence-corrected chi connectivity index (χ3v) is 5.25. The Kier molecular flexibility index (Phi) is 6.52. The number of para-hydroxylation sites is 1.